The van der Waals surface area contributed by atoms with Gasteiger partial charge in [-0.2, -0.15) is 0 Å². The smallest absolute Gasteiger partial charge is 0.00457 e. The molecule has 1 heteroatoms. The first-order valence-corrected chi connectivity index (χ1v) is 8.68. The van der Waals surface area contributed by atoms with E-state index in [1.807, 2.05) is 0 Å². The molecule has 0 saturated carbocycles. The van der Waals surface area contributed by atoms with Gasteiger partial charge in [0.25, 0.3) is 0 Å². The van der Waals surface area contributed by atoms with Gasteiger partial charge in [-0.1, -0.05) is 82.2 Å². The van der Waals surface area contributed by atoms with Gasteiger partial charge < -0.3 is 5.32 Å². The third-order valence-corrected chi connectivity index (χ3v) is 3.87. The van der Waals surface area contributed by atoms with Crippen molar-refractivity contribution in [2.75, 3.05) is 13.1 Å². The largest absolute Gasteiger partial charge is 0.317 e. The van der Waals surface area contributed by atoms with E-state index in [0.29, 0.717) is 0 Å². The van der Waals surface area contributed by atoms with Crippen molar-refractivity contribution >= 4 is 0 Å². The summed E-state index contributed by atoms with van der Waals surface area (Å²) in [6, 6.07) is 10.8. The summed E-state index contributed by atoms with van der Waals surface area (Å²) in [5.74, 6) is 0. The Bertz CT molecular complexity index is 294. The normalized spacial score (nSPS) is 10.8. The third-order valence-electron chi connectivity index (χ3n) is 3.87. The number of unbranched alkanes of at least 4 members (excludes halogenated alkanes) is 7. The molecule has 0 fully saturated rings. The molecule has 0 heterocycles. The highest BCUT2D eigenvalue weighted by molar-refractivity contribution is 5.14. The molecule has 0 bridgehead atoms. The third kappa shape index (κ3) is 10.0. The maximum absolute atomic E-state index is 3.57. The topological polar surface area (TPSA) is 12.0 Å². The molecule has 114 valence electrons. The van der Waals surface area contributed by atoms with Crippen LogP contribution in [-0.4, -0.2) is 13.1 Å². The van der Waals surface area contributed by atoms with Gasteiger partial charge in [-0.3, -0.25) is 0 Å². The number of aryl methyl sites for hydroxylation is 1. The molecule has 0 aromatic heterocycles. The van der Waals surface area contributed by atoms with Crippen molar-refractivity contribution < 1.29 is 0 Å². The maximum Gasteiger partial charge on any atom is -0.00457 e. The molecule has 0 atom stereocenters. The minimum atomic E-state index is 1.16. The van der Waals surface area contributed by atoms with Crippen LogP contribution in [0.25, 0.3) is 0 Å². The lowest BCUT2D eigenvalue weighted by molar-refractivity contribution is 0.551. The molecule has 1 N–H and O–H groups in total. The summed E-state index contributed by atoms with van der Waals surface area (Å²) in [5.41, 5.74) is 1.46. The van der Waals surface area contributed by atoms with Gasteiger partial charge >= 0.3 is 0 Å². The van der Waals surface area contributed by atoms with E-state index in [4.69, 9.17) is 0 Å². The Morgan fingerprint density at radius 2 is 1.30 bits per heavy atom. The molecule has 1 rings (SSSR count). The van der Waals surface area contributed by atoms with Crippen LogP contribution in [0.15, 0.2) is 30.3 Å². The van der Waals surface area contributed by atoms with Gasteiger partial charge in [0.1, 0.15) is 0 Å². The van der Waals surface area contributed by atoms with Crippen molar-refractivity contribution in [1.29, 1.82) is 0 Å². The van der Waals surface area contributed by atoms with Crippen molar-refractivity contribution in [1.82, 2.24) is 5.32 Å². The standard InChI is InChI=1S/C19H33N/c1-2-3-4-5-6-7-8-12-17-20-18-13-16-19-14-10-9-11-15-19/h9-11,14-15,20H,2-8,12-13,16-18H2,1H3. The Labute approximate surface area is 126 Å². The molecule has 1 aromatic carbocycles. The lowest BCUT2D eigenvalue weighted by atomic mass is 10.1. The molecule has 1 aromatic rings. The van der Waals surface area contributed by atoms with Crippen molar-refractivity contribution in [2.24, 2.45) is 0 Å². The average Bonchev–Trinajstić information content (AvgIpc) is 2.49. The number of hydrogen-bond acceptors (Lipinski definition) is 1. The van der Waals surface area contributed by atoms with E-state index in [2.05, 4.69) is 42.6 Å². The van der Waals surface area contributed by atoms with Gasteiger partial charge in [-0.05, 0) is 37.9 Å². The van der Waals surface area contributed by atoms with Gasteiger partial charge in [0, 0.05) is 0 Å². The second kappa shape index (κ2) is 13.2. The Morgan fingerprint density at radius 1 is 0.700 bits per heavy atom. The fourth-order valence-electron chi connectivity index (χ4n) is 2.57. The molecule has 0 saturated heterocycles. The van der Waals surface area contributed by atoms with Gasteiger partial charge in [0.15, 0.2) is 0 Å². The molecular formula is C19H33N. The number of benzene rings is 1. The van der Waals surface area contributed by atoms with E-state index in [0.717, 1.165) is 6.54 Å². The lowest BCUT2D eigenvalue weighted by Crippen LogP contribution is -2.17. The van der Waals surface area contributed by atoms with E-state index in [-0.39, 0.29) is 0 Å². The summed E-state index contributed by atoms with van der Waals surface area (Å²) >= 11 is 0. The van der Waals surface area contributed by atoms with E-state index >= 15 is 0 Å². The number of hydrogen-bond donors (Lipinski definition) is 1. The van der Waals surface area contributed by atoms with Crippen LogP contribution in [0.3, 0.4) is 0 Å². The van der Waals surface area contributed by atoms with E-state index < -0.39 is 0 Å². The fourth-order valence-corrected chi connectivity index (χ4v) is 2.57. The molecular weight excluding hydrogens is 242 g/mol. The first-order chi connectivity index (χ1) is 9.93. The van der Waals surface area contributed by atoms with Gasteiger partial charge in [0.05, 0.1) is 0 Å². The molecule has 0 radical (unpaired) electrons. The van der Waals surface area contributed by atoms with E-state index in [1.165, 1.54) is 76.3 Å². The molecule has 0 unspecified atom stereocenters. The Hall–Kier alpha value is -0.820. The van der Waals surface area contributed by atoms with Gasteiger partial charge in [-0.15, -0.1) is 0 Å². The Morgan fingerprint density at radius 3 is 2.00 bits per heavy atom. The minimum Gasteiger partial charge on any atom is -0.317 e. The zero-order valence-electron chi connectivity index (χ0n) is 13.4. The van der Waals surface area contributed by atoms with E-state index in [1.54, 1.807) is 0 Å². The van der Waals surface area contributed by atoms with Gasteiger partial charge in [-0.25, -0.2) is 0 Å². The first kappa shape index (κ1) is 17.2. The van der Waals surface area contributed by atoms with Crippen LogP contribution in [-0.2, 0) is 6.42 Å². The molecule has 1 nitrogen and oxygen atoms in total. The average molecular weight is 275 g/mol. The second-order valence-corrected chi connectivity index (χ2v) is 5.81. The molecule has 0 aliphatic carbocycles. The quantitative estimate of drug-likeness (QED) is 0.478. The van der Waals surface area contributed by atoms with Crippen LogP contribution in [0.5, 0.6) is 0 Å². The highest BCUT2D eigenvalue weighted by Gasteiger charge is 1.93. The maximum atomic E-state index is 3.57. The predicted molar refractivity (Wildman–Crippen MR) is 90.2 cm³/mol. The van der Waals surface area contributed by atoms with Crippen LogP contribution in [0.2, 0.25) is 0 Å². The second-order valence-electron chi connectivity index (χ2n) is 5.81. The number of rotatable bonds is 13. The summed E-state index contributed by atoms with van der Waals surface area (Å²) < 4.78 is 0. The van der Waals surface area contributed by atoms with E-state index in [9.17, 15) is 0 Å². The van der Waals surface area contributed by atoms with Crippen LogP contribution < -0.4 is 5.32 Å². The zero-order chi connectivity index (χ0) is 14.3. The minimum absolute atomic E-state index is 1.16. The van der Waals surface area contributed by atoms with Crippen LogP contribution in [0.1, 0.15) is 70.3 Å². The molecule has 0 aliphatic rings. The highest BCUT2D eigenvalue weighted by atomic mass is 14.8. The molecule has 0 spiro atoms. The van der Waals surface area contributed by atoms with Crippen LogP contribution in [0, 0.1) is 0 Å². The zero-order valence-corrected chi connectivity index (χ0v) is 13.4. The summed E-state index contributed by atoms with van der Waals surface area (Å²) in [5, 5.41) is 3.57. The van der Waals surface area contributed by atoms with Crippen molar-refractivity contribution in [2.45, 2.75) is 71.1 Å². The molecule has 0 aliphatic heterocycles. The van der Waals surface area contributed by atoms with Crippen molar-refractivity contribution in [3.05, 3.63) is 35.9 Å². The molecule has 20 heavy (non-hydrogen) atoms. The molecule has 0 amide bonds. The Balaban J connectivity index is 1.77. The van der Waals surface area contributed by atoms with Crippen LogP contribution >= 0.6 is 0 Å². The summed E-state index contributed by atoms with van der Waals surface area (Å²) in [4.78, 5) is 0. The van der Waals surface area contributed by atoms with Crippen molar-refractivity contribution in [3.8, 4) is 0 Å². The highest BCUT2D eigenvalue weighted by Crippen LogP contribution is 2.08. The SMILES string of the molecule is CCCCCCCCCCNCCCc1ccccc1. The van der Waals surface area contributed by atoms with Gasteiger partial charge in [0.2, 0.25) is 0 Å². The predicted octanol–water partition coefficient (Wildman–Crippen LogP) is 5.35. The number of nitrogens with one attached hydrogen (secondary N) is 1. The summed E-state index contributed by atoms with van der Waals surface area (Å²) in [6.45, 7) is 4.64. The van der Waals surface area contributed by atoms with Crippen molar-refractivity contribution in [3.63, 3.8) is 0 Å². The monoisotopic (exact) mass is 275 g/mol. The summed E-state index contributed by atoms with van der Waals surface area (Å²) in [7, 11) is 0. The first-order valence-electron chi connectivity index (χ1n) is 8.68. The van der Waals surface area contributed by atoms with Crippen LogP contribution in [0.4, 0.5) is 0 Å². The fraction of sp³-hybridized carbons (Fsp3) is 0.684. The Kier molecular flexibility index (Phi) is 11.4. The lowest BCUT2D eigenvalue weighted by Gasteiger charge is -2.05. The summed E-state index contributed by atoms with van der Waals surface area (Å²) in [6.07, 6.45) is 13.7.